The molecule has 0 aliphatic heterocycles. The maximum absolute atomic E-state index is 13.8. The van der Waals surface area contributed by atoms with Crippen LogP contribution in [0, 0.1) is 6.92 Å². The van der Waals surface area contributed by atoms with E-state index in [1.165, 1.54) is 4.90 Å². The number of carbonyl (C=O) groups is 3. The van der Waals surface area contributed by atoms with Gasteiger partial charge in [-0.1, -0.05) is 35.0 Å². The van der Waals surface area contributed by atoms with Gasteiger partial charge in [-0.3, -0.25) is 19.3 Å². The number of nitrogens with zero attached hydrogens (tertiary/aromatic N) is 2. The number of benzene rings is 2. The standard InChI is InChI=1S/C28H33ClN4O5/c1-6-37-20-13-11-19(12-14-20)33(25(35)16-15-24(34)30-23-17-18(2)38-32-23)26(27(36)31-28(3,4)5)21-9-7-8-10-22(21)29/h7-14,17,26H,6,15-16H2,1-5H3,(H,31,36)(H,30,32,34). The normalized spacial score (nSPS) is 11.9. The van der Waals surface area contributed by atoms with E-state index in [0.29, 0.717) is 34.4 Å². The van der Waals surface area contributed by atoms with Crippen molar-refractivity contribution in [3.8, 4) is 5.75 Å². The Morgan fingerprint density at radius 3 is 2.34 bits per heavy atom. The lowest BCUT2D eigenvalue weighted by atomic mass is 10.00. The predicted octanol–water partition coefficient (Wildman–Crippen LogP) is 5.44. The van der Waals surface area contributed by atoms with Crippen LogP contribution in [0.5, 0.6) is 5.75 Å². The summed E-state index contributed by atoms with van der Waals surface area (Å²) in [6.45, 7) is 9.63. The molecule has 0 aliphatic rings. The summed E-state index contributed by atoms with van der Waals surface area (Å²) in [5, 5.41) is 9.66. The van der Waals surface area contributed by atoms with Crippen LogP contribution < -0.4 is 20.3 Å². The summed E-state index contributed by atoms with van der Waals surface area (Å²) >= 11 is 6.54. The Labute approximate surface area is 227 Å². The molecule has 1 heterocycles. The zero-order valence-corrected chi connectivity index (χ0v) is 23.0. The third kappa shape index (κ3) is 7.82. The highest BCUT2D eigenvalue weighted by molar-refractivity contribution is 6.31. The largest absolute Gasteiger partial charge is 0.494 e. The number of anilines is 2. The molecule has 9 nitrogen and oxygen atoms in total. The van der Waals surface area contributed by atoms with Crippen molar-refractivity contribution in [3.63, 3.8) is 0 Å². The SMILES string of the molecule is CCOc1ccc(N(C(=O)CCC(=O)Nc2cc(C)on2)C(C(=O)NC(C)(C)C)c2ccccc2Cl)cc1. The van der Waals surface area contributed by atoms with E-state index < -0.39 is 29.3 Å². The van der Waals surface area contributed by atoms with Gasteiger partial charge in [-0.05, 0) is 65.0 Å². The topological polar surface area (TPSA) is 114 Å². The Bertz CT molecular complexity index is 1270. The lowest BCUT2D eigenvalue weighted by molar-refractivity contribution is -0.128. The molecule has 2 N–H and O–H groups in total. The maximum Gasteiger partial charge on any atom is 0.248 e. The molecule has 202 valence electrons. The van der Waals surface area contributed by atoms with Gasteiger partial charge in [-0.2, -0.15) is 0 Å². The molecule has 1 aromatic heterocycles. The summed E-state index contributed by atoms with van der Waals surface area (Å²) in [6, 6.07) is 14.2. The molecule has 3 amide bonds. The number of halogens is 1. The molecule has 0 saturated heterocycles. The second-order valence-electron chi connectivity index (χ2n) is 9.72. The van der Waals surface area contributed by atoms with Crippen molar-refractivity contribution >= 4 is 40.8 Å². The van der Waals surface area contributed by atoms with Crippen molar-refractivity contribution in [2.45, 2.75) is 59.0 Å². The van der Waals surface area contributed by atoms with E-state index in [9.17, 15) is 14.4 Å². The quantitative estimate of drug-likeness (QED) is 0.354. The van der Waals surface area contributed by atoms with Gasteiger partial charge >= 0.3 is 0 Å². The van der Waals surface area contributed by atoms with Crippen LogP contribution in [-0.2, 0) is 14.4 Å². The summed E-state index contributed by atoms with van der Waals surface area (Å²) in [6.07, 6.45) is -0.298. The second kappa shape index (κ2) is 12.6. The van der Waals surface area contributed by atoms with Crippen molar-refractivity contribution in [2.75, 3.05) is 16.8 Å². The van der Waals surface area contributed by atoms with E-state index in [1.807, 2.05) is 27.7 Å². The number of ether oxygens (including phenoxy) is 1. The fraction of sp³-hybridized carbons (Fsp3) is 0.357. The van der Waals surface area contributed by atoms with Crippen LogP contribution in [0.4, 0.5) is 11.5 Å². The predicted molar refractivity (Wildman–Crippen MR) is 146 cm³/mol. The molecule has 0 bridgehead atoms. The van der Waals surface area contributed by atoms with E-state index >= 15 is 0 Å². The van der Waals surface area contributed by atoms with Crippen molar-refractivity contribution in [1.29, 1.82) is 0 Å². The highest BCUT2D eigenvalue weighted by Gasteiger charge is 2.35. The monoisotopic (exact) mass is 540 g/mol. The first-order valence-electron chi connectivity index (χ1n) is 12.3. The van der Waals surface area contributed by atoms with Crippen LogP contribution in [0.15, 0.2) is 59.1 Å². The highest BCUT2D eigenvalue weighted by Crippen LogP contribution is 2.34. The van der Waals surface area contributed by atoms with E-state index in [4.69, 9.17) is 20.9 Å². The van der Waals surface area contributed by atoms with E-state index in [1.54, 1.807) is 61.5 Å². The van der Waals surface area contributed by atoms with E-state index in [2.05, 4.69) is 15.8 Å². The Morgan fingerprint density at radius 2 is 1.76 bits per heavy atom. The van der Waals surface area contributed by atoms with Crippen molar-refractivity contribution in [2.24, 2.45) is 0 Å². The van der Waals surface area contributed by atoms with Crippen LogP contribution in [0.2, 0.25) is 5.02 Å². The lowest BCUT2D eigenvalue weighted by Crippen LogP contribution is -2.49. The van der Waals surface area contributed by atoms with Gasteiger partial charge in [0.25, 0.3) is 0 Å². The number of hydrogen-bond donors (Lipinski definition) is 2. The minimum absolute atomic E-state index is 0.131. The smallest absolute Gasteiger partial charge is 0.248 e. The Kier molecular flexibility index (Phi) is 9.52. The average molecular weight is 541 g/mol. The van der Waals surface area contributed by atoms with E-state index in [-0.39, 0.29) is 18.7 Å². The molecule has 0 aliphatic carbocycles. The van der Waals surface area contributed by atoms with Gasteiger partial charge in [0.05, 0.1) is 6.61 Å². The van der Waals surface area contributed by atoms with Crippen molar-refractivity contribution in [1.82, 2.24) is 10.5 Å². The van der Waals surface area contributed by atoms with Crippen LogP contribution in [0.1, 0.15) is 57.9 Å². The number of carbonyl (C=O) groups excluding carboxylic acids is 3. The first-order valence-corrected chi connectivity index (χ1v) is 12.7. The van der Waals surface area contributed by atoms with Crippen molar-refractivity contribution in [3.05, 3.63) is 70.9 Å². The Morgan fingerprint density at radius 1 is 1.08 bits per heavy atom. The number of rotatable bonds is 10. The number of aryl methyl sites for hydroxylation is 1. The Balaban J connectivity index is 1.98. The van der Waals surface area contributed by atoms with Crippen LogP contribution in [-0.4, -0.2) is 35.0 Å². The van der Waals surface area contributed by atoms with Gasteiger partial charge in [-0.15, -0.1) is 0 Å². The lowest BCUT2D eigenvalue weighted by Gasteiger charge is -2.34. The molecule has 1 unspecified atom stereocenters. The second-order valence-corrected chi connectivity index (χ2v) is 10.1. The minimum Gasteiger partial charge on any atom is -0.494 e. The highest BCUT2D eigenvalue weighted by atomic mass is 35.5. The molecule has 1 atom stereocenters. The summed E-state index contributed by atoms with van der Waals surface area (Å²) in [4.78, 5) is 41.4. The van der Waals surface area contributed by atoms with Gasteiger partial charge < -0.3 is 19.9 Å². The minimum atomic E-state index is -1.09. The zero-order valence-electron chi connectivity index (χ0n) is 22.2. The molecule has 0 fully saturated rings. The number of hydrogen-bond acceptors (Lipinski definition) is 6. The third-order valence-corrected chi connectivity index (χ3v) is 5.70. The molecular formula is C28H33ClN4O5. The molecule has 0 spiro atoms. The van der Waals surface area contributed by atoms with Crippen LogP contribution in [0.3, 0.4) is 0 Å². The number of amides is 3. The summed E-state index contributed by atoms with van der Waals surface area (Å²) in [5.41, 5.74) is 0.348. The van der Waals surface area contributed by atoms with Gasteiger partial charge in [-0.25, -0.2) is 0 Å². The van der Waals surface area contributed by atoms with Gasteiger partial charge in [0.1, 0.15) is 17.6 Å². The summed E-state index contributed by atoms with van der Waals surface area (Å²) in [5.74, 6) is 0.184. The zero-order chi connectivity index (χ0) is 27.9. The molecule has 38 heavy (non-hydrogen) atoms. The molecule has 2 aromatic carbocycles. The Hall–Kier alpha value is -3.85. The molecular weight excluding hydrogens is 508 g/mol. The molecule has 10 heteroatoms. The van der Waals surface area contributed by atoms with Crippen LogP contribution >= 0.6 is 11.6 Å². The fourth-order valence-corrected chi connectivity index (χ4v) is 4.05. The summed E-state index contributed by atoms with van der Waals surface area (Å²) in [7, 11) is 0. The molecule has 0 radical (unpaired) electrons. The van der Waals surface area contributed by atoms with Gasteiger partial charge in [0, 0.05) is 40.7 Å². The first-order chi connectivity index (χ1) is 18.0. The number of nitrogens with one attached hydrogen (secondary N) is 2. The molecule has 3 aromatic rings. The fourth-order valence-electron chi connectivity index (χ4n) is 3.81. The maximum atomic E-state index is 13.8. The van der Waals surface area contributed by atoms with Gasteiger partial charge in [0.2, 0.25) is 17.7 Å². The number of aromatic nitrogens is 1. The van der Waals surface area contributed by atoms with Crippen molar-refractivity contribution < 1.29 is 23.6 Å². The van der Waals surface area contributed by atoms with Crippen LogP contribution in [0.25, 0.3) is 0 Å². The molecule has 3 rings (SSSR count). The third-order valence-electron chi connectivity index (χ3n) is 5.36. The summed E-state index contributed by atoms with van der Waals surface area (Å²) < 4.78 is 10.5. The first kappa shape index (κ1) is 28.7. The van der Waals surface area contributed by atoms with Gasteiger partial charge in [0.15, 0.2) is 5.82 Å². The van der Waals surface area contributed by atoms with E-state index in [0.717, 1.165) is 0 Å². The molecule has 0 saturated carbocycles. The average Bonchev–Trinajstić information content (AvgIpc) is 3.25.